The van der Waals surface area contributed by atoms with Crippen LogP contribution < -0.4 is 0 Å². The van der Waals surface area contributed by atoms with Crippen molar-refractivity contribution in [3.8, 4) is 0 Å². The van der Waals surface area contributed by atoms with Crippen molar-refractivity contribution >= 4 is 34.0 Å². The van der Waals surface area contributed by atoms with E-state index in [0.29, 0.717) is 16.3 Å². The van der Waals surface area contributed by atoms with Gasteiger partial charge in [0.15, 0.2) is 0 Å². The summed E-state index contributed by atoms with van der Waals surface area (Å²) < 4.78 is 27.9. The van der Waals surface area contributed by atoms with E-state index < -0.39 is 11.2 Å². The van der Waals surface area contributed by atoms with Crippen molar-refractivity contribution in [2.24, 2.45) is 0 Å². The predicted molar refractivity (Wildman–Crippen MR) is 83.0 cm³/mol. The minimum atomic E-state index is -0.788. The molecule has 0 aliphatic rings. The van der Waals surface area contributed by atoms with Gasteiger partial charge in [0, 0.05) is 16.0 Å². The van der Waals surface area contributed by atoms with Crippen LogP contribution in [-0.2, 0) is 0 Å². The molecular formula is C17H10Cl2F2. The quantitative estimate of drug-likeness (QED) is 0.500. The van der Waals surface area contributed by atoms with Crippen LogP contribution in [-0.4, -0.2) is 0 Å². The molecule has 0 radical (unpaired) electrons. The Morgan fingerprint density at radius 2 is 1.48 bits per heavy atom. The van der Waals surface area contributed by atoms with Gasteiger partial charge in [-0.3, -0.25) is 0 Å². The third-order valence-corrected chi connectivity index (χ3v) is 4.21. The molecule has 4 heteroatoms. The molecule has 0 aromatic heterocycles. The van der Waals surface area contributed by atoms with Gasteiger partial charge < -0.3 is 0 Å². The van der Waals surface area contributed by atoms with Crippen molar-refractivity contribution in [3.63, 3.8) is 0 Å². The molecule has 3 rings (SSSR count). The van der Waals surface area contributed by atoms with Gasteiger partial charge in [0.05, 0.1) is 5.38 Å². The van der Waals surface area contributed by atoms with Crippen LogP contribution >= 0.6 is 23.2 Å². The molecule has 0 nitrogen and oxygen atoms in total. The molecular weight excluding hydrogens is 313 g/mol. The molecule has 3 aromatic rings. The lowest BCUT2D eigenvalue weighted by molar-refractivity contribution is 0.612. The lowest BCUT2D eigenvalue weighted by atomic mass is 9.97. The number of benzene rings is 3. The Morgan fingerprint density at radius 1 is 0.762 bits per heavy atom. The van der Waals surface area contributed by atoms with Crippen LogP contribution in [0, 0.1) is 11.6 Å². The predicted octanol–water partition coefficient (Wildman–Crippen LogP) is 6.10. The molecule has 0 aliphatic carbocycles. The standard InChI is InChI=1S/C17H10Cl2F2/c18-13-6-3-7-15(21)16(13)17(19)12-8-9-14(20)11-5-2-1-4-10(11)12/h1-9,17H. The van der Waals surface area contributed by atoms with E-state index in [-0.39, 0.29) is 16.4 Å². The maximum atomic E-state index is 14.0. The molecule has 0 aliphatic heterocycles. The van der Waals surface area contributed by atoms with E-state index in [0.717, 1.165) is 0 Å². The Balaban J connectivity index is 2.23. The second-order valence-electron chi connectivity index (χ2n) is 4.68. The maximum Gasteiger partial charge on any atom is 0.131 e. The van der Waals surface area contributed by atoms with Gasteiger partial charge in [0.2, 0.25) is 0 Å². The summed E-state index contributed by atoms with van der Waals surface area (Å²) in [5.41, 5.74) is 0.832. The fourth-order valence-corrected chi connectivity index (χ4v) is 3.15. The minimum Gasteiger partial charge on any atom is -0.207 e. The highest BCUT2D eigenvalue weighted by Crippen LogP contribution is 2.38. The van der Waals surface area contributed by atoms with E-state index in [9.17, 15) is 8.78 Å². The highest BCUT2D eigenvalue weighted by Gasteiger charge is 2.21. The van der Waals surface area contributed by atoms with Crippen molar-refractivity contribution < 1.29 is 8.78 Å². The van der Waals surface area contributed by atoms with Crippen LogP contribution in [0.5, 0.6) is 0 Å². The lowest BCUT2D eigenvalue weighted by Crippen LogP contribution is -2.00. The van der Waals surface area contributed by atoms with Crippen molar-refractivity contribution in [1.82, 2.24) is 0 Å². The van der Waals surface area contributed by atoms with Crippen molar-refractivity contribution in [1.29, 1.82) is 0 Å². The molecule has 0 spiro atoms. The summed E-state index contributed by atoms with van der Waals surface area (Å²) in [7, 11) is 0. The van der Waals surface area contributed by atoms with Crippen molar-refractivity contribution in [3.05, 3.63) is 82.4 Å². The number of alkyl halides is 1. The number of rotatable bonds is 2. The first-order valence-corrected chi connectivity index (χ1v) is 7.16. The van der Waals surface area contributed by atoms with E-state index >= 15 is 0 Å². The summed E-state index contributed by atoms with van der Waals surface area (Å²) in [6.07, 6.45) is 0. The second-order valence-corrected chi connectivity index (χ2v) is 5.52. The van der Waals surface area contributed by atoms with Gasteiger partial charge in [0.1, 0.15) is 11.6 Å². The largest absolute Gasteiger partial charge is 0.207 e. The molecule has 0 N–H and O–H groups in total. The number of halogens is 4. The minimum absolute atomic E-state index is 0.206. The fourth-order valence-electron chi connectivity index (χ4n) is 2.41. The van der Waals surface area contributed by atoms with E-state index in [1.807, 2.05) is 0 Å². The third kappa shape index (κ3) is 2.50. The molecule has 0 saturated heterocycles. The number of hydrogen-bond donors (Lipinski definition) is 0. The highest BCUT2D eigenvalue weighted by atomic mass is 35.5. The number of fused-ring (bicyclic) bond motifs is 1. The first-order valence-electron chi connectivity index (χ1n) is 6.34. The zero-order chi connectivity index (χ0) is 15.0. The lowest BCUT2D eigenvalue weighted by Gasteiger charge is -2.16. The first-order chi connectivity index (χ1) is 10.1. The SMILES string of the molecule is Fc1cccc(Cl)c1C(Cl)c1ccc(F)c2ccccc12. The topological polar surface area (TPSA) is 0 Å². The molecule has 106 valence electrons. The highest BCUT2D eigenvalue weighted by molar-refractivity contribution is 6.33. The molecule has 0 saturated carbocycles. The average Bonchev–Trinajstić information content (AvgIpc) is 2.47. The normalized spacial score (nSPS) is 12.6. The summed E-state index contributed by atoms with van der Waals surface area (Å²) in [5.74, 6) is -0.811. The van der Waals surface area contributed by atoms with Gasteiger partial charge in [-0.05, 0) is 29.1 Å². The average molecular weight is 323 g/mol. The monoisotopic (exact) mass is 322 g/mol. The van der Waals surface area contributed by atoms with Crippen molar-refractivity contribution in [2.45, 2.75) is 5.38 Å². The van der Waals surface area contributed by atoms with E-state index in [1.54, 1.807) is 36.4 Å². The van der Waals surface area contributed by atoms with Crippen LogP contribution in [0.3, 0.4) is 0 Å². The van der Waals surface area contributed by atoms with Crippen LogP contribution in [0.25, 0.3) is 10.8 Å². The maximum absolute atomic E-state index is 14.0. The smallest absolute Gasteiger partial charge is 0.131 e. The van der Waals surface area contributed by atoms with Crippen LogP contribution in [0.4, 0.5) is 8.78 Å². The Hall–Kier alpha value is -1.64. The number of hydrogen-bond acceptors (Lipinski definition) is 0. The molecule has 3 aromatic carbocycles. The Kier molecular flexibility index (Phi) is 3.83. The molecule has 1 unspecified atom stereocenters. The molecule has 0 bridgehead atoms. The summed E-state index contributed by atoms with van der Waals surface area (Å²) in [6, 6.07) is 14.3. The van der Waals surface area contributed by atoms with Crippen LogP contribution in [0.2, 0.25) is 5.02 Å². The Bertz CT molecular complexity index is 795. The van der Waals surface area contributed by atoms with Gasteiger partial charge in [-0.2, -0.15) is 0 Å². The molecule has 0 amide bonds. The van der Waals surface area contributed by atoms with E-state index in [1.165, 1.54) is 18.2 Å². The Labute approximate surface area is 130 Å². The van der Waals surface area contributed by atoms with E-state index in [4.69, 9.17) is 23.2 Å². The van der Waals surface area contributed by atoms with Gasteiger partial charge in [-0.15, -0.1) is 11.6 Å². The molecule has 0 heterocycles. The van der Waals surface area contributed by atoms with Crippen LogP contribution in [0.15, 0.2) is 54.6 Å². The van der Waals surface area contributed by atoms with Gasteiger partial charge in [-0.25, -0.2) is 8.78 Å². The summed E-state index contributed by atoms with van der Waals surface area (Å²) in [6.45, 7) is 0. The fraction of sp³-hybridized carbons (Fsp3) is 0.0588. The second kappa shape index (κ2) is 5.63. The summed E-state index contributed by atoms with van der Waals surface area (Å²) in [5, 5.41) is 0.567. The van der Waals surface area contributed by atoms with Crippen molar-refractivity contribution in [2.75, 3.05) is 0 Å². The zero-order valence-electron chi connectivity index (χ0n) is 10.8. The third-order valence-electron chi connectivity index (χ3n) is 3.43. The molecule has 21 heavy (non-hydrogen) atoms. The first kappa shape index (κ1) is 14.3. The summed E-state index contributed by atoms with van der Waals surface area (Å²) >= 11 is 12.5. The Morgan fingerprint density at radius 3 is 2.19 bits per heavy atom. The van der Waals surface area contributed by atoms with E-state index in [2.05, 4.69) is 0 Å². The summed E-state index contributed by atoms with van der Waals surface area (Å²) in [4.78, 5) is 0. The van der Waals surface area contributed by atoms with Gasteiger partial charge >= 0.3 is 0 Å². The molecule has 0 fully saturated rings. The zero-order valence-corrected chi connectivity index (χ0v) is 12.3. The van der Waals surface area contributed by atoms with Gasteiger partial charge in [-0.1, -0.05) is 48.0 Å². The van der Waals surface area contributed by atoms with Gasteiger partial charge in [0.25, 0.3) is 0 Å². The molecule has 1 atom stereocenters. The van der Waals surface area contributed by atoms with Crippen LogP contribution in [0.1, 0.15) is 16.5 Å².